The SMILES string of the molecule is O=C(CCC(=O)OCC(COC(=O)NCC(=O)OCc1ccccc1)OCc1ccccc1)OCc1ccccc1. The minimum absolute atomic E-state index is 0.0852. The molecular formula is C31H33NO9. The van der Waals surface area contributed by atoms with Gasteiger partial charge in [0.05, 0.1) is 19.4 Å². The van der Waals surface area contributed by atoms with Crippen molar-refractivity contribution in [2.45, 2.75) is 38.8 Å². The molecule has 10 heteroatoms. The van der Waals surface area contributed by atoms with Crippen molar-refractivity contribution in [3.63, 3.8) is 0 Å². The molecule has 1 N–H and O–H groups in total. The first kappa shape index (κ1) is 30.8. The van der Waals surface area contributed by atoms with Crippen LogP contribution in [0.4, 0.5) is 4.79 Å². The molecule has 0 aliphatic rings. The number of carbonyl (C=O) groups excluding carboxylic acids is 4. The summed E-state index contributed by atoms with van der Waals surface area (Å²) in [4.78, 5) is 48.2. The van der Waals surface area contributed by atoms with Gasteiger partial charge in [-0.3, -0.25) is 14.4 Å². The highest BCUT2D eigenvalue weighted by Crippen LogP contribution is 2.07. The summed E-state index contributed by atoms with van der Waals surface area (Å²) in [5.74, 6) is -1.77. The van der Waals surface area contributed by atoms with Crippen LogP contribution in [0, 0.1) is 0 Å². The monoisotopic (exact) mass is 563 g/mol. The Hall–Kier alpha value is -4.70. The van der Waals surface area contributed by atoms with E-state index in [1.807, 2.05) is 91.0 Å². The summed E-state index contributed by atoms with van der Waals surface area (Å²) in [7, 11) is 0. The Kier molecular flexibility index (Phi) is 13.4. The summed E-state index contributed by atoms with van der Waals surface area (Å²) < 4.78 is 26.5. The van der Waals surface area contributed by atoms with Crippen LogP contribution >= 0.6 is 0 Å². The van der Waals surface area contributed by atoms with E-state index in [1.54, 1.807) is 0 Å². The zero-order chi connectivity index (χ0) is 29.1. The van der Waals surface area contributed by atoms with Crippen molar-refractivity contribution in [1.29, 1.82) is 0 Å². The number of benzene rings is 3. The minimum atomic E-state index is -0.859. The molecule has 41 heavy (non-hydrogen) atoms. The highest BCUT2D eigenvalue weighted by Gasteiger charge is 2.18. The second kappa shape index (κ2) is 17.8. The smallest absolute Gasteiger partial charge is 0.407 e. The number of hydrogen-bond donors (Lipinski definition) is 1. The molecule has 3 aromatic rings. The lowest BCUT2D eigenvalue weighted by Crippen LogP contribution is -2.35. The molecule has 216 valence electrons. The minimum Gasteiger partial charge on any atom is -0.463 e. The Morgan fingerprint density at radius 3 is 1.51 bits per heavy atom. The average molecular weight is 564 g/mol. The van der Waals surface area contributed by atoms with E-state index in [4.69, 9.17) is 23.7 Å². The lowest BCUT2D eigenvalue weighted by molar-refractivity contribution is -0.154. The second-order valence-electron chi connectivity index (χ2n) is 8.85. The van der Waals surface area contributed by atoms with Crippen LogP contribution in [0.5, 0.6) is 0 Å². The van der Waals surface area contributed by atoms with Gasteiger partial charge in [-0.1, -0.05) is 91.0 Å². The molecule has 0 radical (unpaired) electrons. The van der Waals surface area contributed by atoms with Gasteiger partial charge in [0.2, 0.25) is 0 Å². The fourth-order valence-corrected chi connectivity index (χ4v) is 3.36. The van der Waals surface area contributed by atoms with Crippen molar-refractivity contribution in [2.75, 3.05) is 19.8 Å². The Labute approximate surface area is 238 Å². The molecule has 1 unspecified atom stereocenters. The summed E-state index contributed by atoms with van der Waals surface area (Å²) in [5.41, 5.74) is 2.53. The largest absolute Gasteiger partial charge is 0.463 e. The highest BCUT2D eigenvalue weighted by molar-refractivity contribution is 5.78. The molecule has 3 rings (SSSR count). The first-order chi connectivity index (χ1) is 20.0. The summed E-state index contributed by atoms with van der Waals surface area (Å²) in [6, 6.07) is 27.6. The molecule has 0 aromatic heterocycles. The lowest BCUT2D eigenvalue weighted by atomic mass is 10.2. The number of nitrogens with one attached hydrogen (secondary N) is 1. The van der Waals surface area contributed by atoms with Crippen LogP contribution in [0.1, 0.15) is 29.5 Å². The van der Waals surface area contributed by atoms with Crippen LogP contribution in [0.2, 0.25) is 0 Å². The number of hydrogen-bond acceptors (Lipinski definition) is 9. The molecule has 0 aliphatic carbocycles. The van der Waals surface area contributed by atoms with Crippen LogP contribution in [-0.4, -0.2) is 49.9 Å². The summed E-state index contributed by atoms with van der Waals surface area (Å²) in [6.45, 7) is -0.445. The maximum absolute atomic E-state index is 12.2. The Bertz CT molecular complexity index is 1140. The van der Waals surface area contributed by atoms with E-state index in [0.29, 0.717) is 0 Å². The van der Waals surface area contributed by atoms with Gasteiger partial charge in [-0.05, 0) is 16.7 Å². The van der Waals surface area contributed by atoms with Crippen molar-refractivity contribution < 1.29 is 42.9 Å². The van der Waals surface area contributed by atoms with E-state index in [-0.39, 0.29) is 52.4 Å². The zero-order valence-electron chi connectivity index (χ0n) is 22.6. The maximum Gasteiger partial charge on any atom is 0.407 e. The van der Waals surface area contributed by atoms with Crippen LogP contribution in [0.25, 0.3) is 0 Å². The molecule has 0 spiro atoms. The number of amides is 1. The normalized spacial score (nSPS) is 11.1. The number of ether oxygens (including phenoxy) is 5. The predicted octanol–water partition coefficient (Wildman–Crippen LogP) is 4.11. The fourth-order valence-electron chi connectivity index (χ4n) is 3.36. The van der Waals surface area contributed by atoms with Gasteiger partial charge in [-0.2, -0.15) is 0 Å². The predicted molar refractivity (Wildman–Crippen MR) is 147 cm³/mol. The number of esters is 3. The highest BCUT2D eigenvalue weighted by atomic mass is 16.6. The van der Waals surface area contributed by atoms with Crippen molar-refractivity contribution in [3.05, 3.63) is 108 Å². The maximum atomic E-state index is 12.2. The molecule has 0 heterocycles. The van der Waals surface area contributed by atoms with Crippen LogP contribution in [0.15, 0.2) is 91.0 Å². The Morgan fingerprint density at radius 2 is 0.976 bits per heavy atom. The van der Waals surface area contributed by atoms with Crippen molar-refractivity contribution in [1.82, 2.24) is 5.32 Å². The molecule has 1 amide bonds. The quantitative estimate of drug-likeness (QED) is 0.202. The fraction of sp³-hybridized carbons (Fsp3) is 0.290. The van der Waals surface area contributed by atoms with E-state index in [2.05, 4.69) is 5.32 Å². The first-order valence-electron chi connectivity index (χ1n) is 13.1. The zero-order valence-corrected chi connectivity index (χ0v) is 22.6. The standard InChI is InChI=1S/C31H33NO9/c33-28(38-20-25-12-6-2-7-13-25)16-17-29(34)40-22-27(37-19-24-10-4-1-5-11-24)23-41-31(36)32-18-30(35)39-21-26-14-8-3-9-15-26/h1-15,27H,16-23H2,(H,32,36). The third-order valence-electron chi connectivity index (χ3n) is 5.55. The van der Waals surface area contributed by atoms with Crippen molar-refractivity contribution in [3.8, 4) is 0 Å². The summed E-state index contributed by atoms with van der Waals surface area (Å²) in [5, 5.41) is 2.32. The van der Waals surface area contributed by atoms with Crippen molar-refractivity contribution in [2.24, 2.45) is 0 Å². The third-order valence-corrected chi connectivity index (χ3v) is 5.55. The molecule has 0 saturated heterocycles. The van der Waals surface area contributed by atoms with E-state index in [0.717, 1.165) is 16.7 Å². The van der Waals surface area contributed by atoms with Gasteiger partial charge in [-0.25, -0.2) is 4.79 Å². The van der Waals surface area contributed by atoms with Gasteiger partial charge < -0.3 is 29.0 Å². The van der Waals surface area contributed by atoms with Crippen LogP contribution < -0.4 is 5.32 Å². The topological polar surface area (TPSA) is 126 Å². The van der Waals surface area contributed by atoms with Gasteiger partial charge >= 0.3 is 24.0 Å². The molecule has 0 bridgehead atoms. The number of alkyl carbamates (subject to hydrolysis) is 1. The average Bonchev–Trinajstić information content (AvgIpc) is 3.01. The summed E-state index contributed by atoms with van der Waals surface area (Å²) >= 11 is 0. The number of rotatable bonds is 16. The van der Waals surface area contributed by atoms with Gasteiger partial charge in [0.1, 0.15) is 39.1 Å². The third kappa shape index (κ3) is 13.3. The van der Waals surface area contributed by atoms with Gasteiger partial charge in [0, 0.05) is 0 Å². The van der Waals surface area contributed by atoms with E-state index in [9.17, 15) is 19.2 Å². The molecule has 10 nitrogen and oxygen atoms in total. The van der Waals surface area contributed by atoms with E-state index in [1.165, 1.54) is 0 Å². The van der Waals surface area contributed by atoms with Gasteiger partial charge in [-0.15, -0.1) is 0 Å². The molecule has 0 fully saturated rings. The Balaban J connectivity index is 1.38. The molecule has 0 aliphatic heterocycles. The molecule has 0 saturated carbocycles. The van der Waals surface area contributed by atoms with Gasteiger partial charge in [0.15, 0.2) is 0 Å². The van der Waals surface area contributed by atoms with Crippen LogP contribution in [-0.2, 0) is 57.9 Å². The lowest BCUT2D eigenvalue weighted by Gasteiger charge is -2.18. The molecule has 3 aromatic carbocycles. The number of carbonyl (C=O) groups is 4. The first-order valence-corrected chi connectivity index (χ1v) is 13.1. The second-order valence-corrected chi connectivity index (χ2v) is 8.85. The molecular weight excluding hydrogens is 530 g/mol. The molecule has 1 atom stereocenters. The van der Waals surface area contributed by atoms with Crippen LogP contribution in [0.3, 0.4) is 0 Å². The van der Waals surface area contributed by atoms with E-state index < -0.39 is 30.1 Å². The Morgan fingerprint density at radius 1 is 0.537 bits per heavy atom. The van der Waals surface area contributed by atoms with E-state index >= 15 is 0 Å². The van der Waals surface area contributed by atoms with Gasteiger partial charge in [0.25, 0.3) is 0 Å². The summed E-state index contributed by atoms with van der Waals surface area (Å²) in [6.07, 6.45) is -1.96. The van der Waals surface area contributed by atoms with Crippen molar-refractivity contribution >= 4 is 24.0 Å².